The minimum Gasteiger partial charge on any atom is -0.476 e. The van der Waals surface area contributed by atoms with Crippen LogP contribution in [0.2, 0.25) is 0 Å². The predicted octanol–water partition coefficient (Wildman–Crippen LogP) is 2.68. The molecule has 1 heterocycles. The number of nitrogens with one attached hydrogen (secondary N) is 1. The number of carboxylic acids is 1. The van der Waals surface area contributed by atoms with Gasteiger partial charge < -0.3 is 10.4 Å². The van der Waals surface area contributed by atoms with Gasteiger partial charge in [0.15, 0.2) is 11.5 Å². The van der Waals surface area contributed by atoms with Crippen LogP contribution in [0.1, 0.15) is 36.2 Å². The third kappa shape index (κ3) is 2.23. The van der Waals surface area contributed by atoms with Gasteiger partial charge in [-0.15, -0.1) is 10.2 Å². The van der Waals surface area contributed by atoms with E-state index in [0.717, 1.165) is 18.2 Å². The average Bonchev–Trinajstić information content (AvgIpc) is 2.91. The summed E-state index contributed by atoms with van der Waals surface area (Å²) in [4.78, 5) is 11.1. The number of hydrogen-bond donors (Lipinski definition) is 2. The van der Waals surface area contributed by atoms with E-state index in [0.29, 0.717) is 17.2 Å². The van der Waals surface area contributed by atoms with E-state index in [1.165, 1.54) is 12.8 Å². The Labute approximate surface area is 110 Å². The van der Waals surface area contributed by atoms with E-state index < -0.39 is 5.97 Å². The summed E-state index contributed by atoms with van der Waals surface area (Å²) in [6, 6.07) is 7.78. The van der Waals surface area contributed by atoms with Gasteiger partial charge in [-0.1, -0.05) is 37.1 Å². The highest BCUT2D eigenvalue weighted by Crippen LogP contribution is 2.27. The van der Waals surface area contributed by atoms with E-state index in [9.17, 15) is 4.79 Å². The van der Waals surface area contributed by atoms with Gasteiger partial charge in [-0.3, -0.25) is 0 Å². The average molecular weight is 257 g/mol. The normalized spacial score (nSPS) is 15.8. The molecule has 5 heteroatoms. The Morgan fingerprint density at radius 3 is 2.53 bits per heavy atom. The number of nitrogens with zero attached hydrogens (tertiary/aromatic N) is 2. The highest BCUT2D eigenvalue weighted by atomic mass is 16.4. The Balaban J connectivity index is 2.05. The molecular weight excluding hydrogens is 242 g/mol. The standard InChI is InChI=1S/C14H15N3O2/c18-14(19)12-10-7-3-4-8-11(10)13(17-16-12)15-9-5-1-2-6-9/h3-4,7-9H,1-2,5-6H2,(H,15,17)(H,18,19). The highest BCUT2D eigenvalue weighted by Gasteiger charge is 2.18. The number of hydrogen-bond acceptors (Lipinski definition) is 4. The lowest BCUT2D eigenvalue weighted by molar-refractivity contribution is 0.0691. The van der Waals surface area contributed by atoms with Crippen molar-refractivity contribution in [1.29, 1.82) is 0 Å². The van der Waals surface area contributed by atoms with E-state index in [-0.39, 0.29) is 5.69 Å². The number of fused-ring (bicyclic) bond motifs is 1. The van der Waals surface area contributed by atoms with Gasteiger partial charge in [0.05, 0.1) is 0 Å². The molecule has 2 N–H and O–H groups in total. The van der Waals surface area contributed by atoms with Crippen molar-refractivity contribution in [2.75, 3.05) is 5.32 Å². The number of carbonyl (C=O) groups is 1. The lowest BCUT2D eigenvalue weighted by Gasteiger charge is -2.14. The van der Waals surface area contributed by atoms with Crippen molar-refractivity contribution in [3.63, 3.8) is 0 Å². The second-order valence-corrected chi connectivity index (χ2v) is 4.87. The molecule has 0 aliphatic heterocycles. The zero-order chi connectivity index (χ0) is 13.2. The van der Waals surface area contributed by atoms with Crippen LogP contribution in [0.5, 0.6) is 0 Å². The molecule has 1 fully saturated rings. The topological polar surface area (TPSA) is 75.1 Å². The van der Waals surface area contributed by atoms with Crippen molar-refractivity contribution in [3.05, 3.63) is 30.0 Å². The van der Waals surface area contributed by atoms with Gasteiger partial charge in [0.25, 0.3) is 0 Å². The molecule has 0 unspecified atom stereocenters. The molecule has 98 valence electrons. The second kappa shape index (κ2) is 4.84. The first-order valence-corrected chi connectivity index (χ1v) is 6.51. The molecule has 1 aromatic heterocycles. The largest absolute Gasteiger partial charge is 0.476 e. The SMILES string of the molecule is O=C(O)c1nnc(NC2CCCC2)c2ccccc12. The molecule has 0 radical (unpaired) electrons. The molecule has 1 aliphatic rings. The Hall–Kier alpha value is -2.17. The van der Waals surface area contributed by atoms with Crippen molar-refractivity contribution < 1.29 is 9.90 Å². The molecule has 0 atom stereocenters. The smallest absolute Gasteiger partial charge is 0.357 e. The van der Waals surface area contributed by atoms with Crippen molar-refractivity contribution >= 4 is 22.6 Å². The summed E-state index contributed by atoms with van der Waals surface area (Å²) in [5.74, 6) is -0.358. The third-order valence-electron chi connectivity index (χ3n) is 3.59. The number of benzene rings is 1. The van der Waals surface area contributed by atoms with Crippen molar-refractivity contribution in [3.8, 4) is 0 Å². The molecule has 5 nitrogen and oxygen atoms in total. The van der Waals surface area contributed by atoms with Crippen LogP contribution in [0.25, 0.3) is 10.8 Å². The monoisotopic (exact) mass is 257 g/mol. The van der Waals surface area contributed by atoms with Crippen LogP contribution in [0.4, 0.5) is 5.82 Å². The molecule has 1 saturated carbocycles. The van der Waals surface area contributed by atoms with Crippen LogP contribution < -0.4 is 5.32 Å². The summed E-state index contributed by atoms with van der Waals surface area (Å²) in [6.07, 6.45) is 4.74. The predicted molar refractivity (Wildman–Crippen MR) is 72.4 cm³/mol. The lowest BCUT2D eigenvalue weighted by Crippen LogP contribution is -2.17. The highest BCUT2D eigenvalue weighted by molar-refractivity contribution is 6.04. The van der Waals surface area contributed by atoms with E-state index in [2.05, 4.69) is 15.5 Å². The minimum atomic E-state index is -1.05. The summed E-state index contributed by atoms with van der Waals surface area (Å²) in [6.45, 7) is 0. The number of rotatable bonds is 3. The van der Waals surface area contributed by atoms with Crippen LogP contribution in [0.15, 0.2) is 24.3 Å². The van der Waals surface area contributed by atoms with Gasteiger partial charge >= 0.3 is 5.97 Å². The molecule has 1 aromatic carbocycles. The first-order valence-electron chi connectivity index (χ1n) is 6.51. The lowest BCUT2D eigenvalue weighted by atomic mass is 10.1. The van der Waals surface area contributed by atoms with E-state index in [1.807, 2.05) is 18.2 Å². The van der Waals surface area contributed by atoms with Gasteiger partial charge in [0.1, 0.15) is 0 Å². The van der Waals surface area contributed by atoms with Gasteiger partial charge in [0, 0.05) is 16.8 Å². The van der Waals surface area contributed by atoms with Gasteiger partial charge in [0.2, 0.25) is 0 Å². The first kappa shape index (κ1) is 11.9. The van der Waals surface area contributed by atoms with Crippen molar-refractivity contribution in [1.82, 2.24) is 10.2 Å². The van der Waals surface area contributed by atoms with Gasteiger partial charge in [-0.2, -0.15) is 0 Å². The maximum Gasteiger partial charge on any atom is 0.357 e. The minimum absolute atomic E-state index is 0.00701. The number of anilines is 1. The van der Waals surface area contributed by atoms with Crippen LogP contribution in [0.3, 0.4) is 0 Å². The fourth-order valence-corrected chi connectivity index (χ4v) is 2.63. The number of carboxylic acid groups (broad SMARTS) is 1. The van der Waals surface area contributed by atoms with E-state index in [1.54, 1.807) is 6.07 Å². The molecule has 0 bridgehead atoms. The third-order valence-corrected chi connectivity index (χ3v) is 3.59. The first-order chi connectivity index (χ1) is 9.25. The summed E-state index contributed by atoms with van der Waals surface area (Å²) in [5, 5.41) is 21.9. The molecule has 19 heavy (non-hydrogen) atoms. The van der Waals surface area contributed by atoms with Crippen LogP contribution >= 0.6 is 0 Å². The van der Waals surface area contributed by atoms with E-state index in [4.69, 9.17) is 5.11 Å². The zero-order valence-corrected chi connectivity index (χ0v) is 10.5. The van der Waals surface area contributed by atoms with Crippen LogP contribution in [0, 0.1) is 0 Å². The summed E-state index contributed by atoms with van der Waals surface area (Å²) >= 11 is 0. The molecule has 3 rings (SSSR count). The Morgan fingerprint density at radius 1 is 1.16 bits per heavy atom. The Morgan fingerprint density at radius 2 is 1.84 bits per heavy atom. The molecular formula is C14H15N3O2. The molecule has 0 saturated heterocycles. The van der Waals surface area contributed by atoms with E-state index >= 15 is 0 Å². The van der Waals surface area contributed by atoms with Crippen molar-refractivity contribution in [2.45, 2.75) is 31.7 Å². The second-order valence-electron chi connectivity index (χ2n) is 4.87. The molecule has 0 spiro atoms. The quantitative estimate of drug-likeness (QED) is 0.884. The van der Waals surface area contributed by atoms with Gasteiger partial charge in [-0.25, -0.2) is 4.79 Å². The maximum atomic E-state index is 11.1. The molecule has 2 aromatic rings. The van der Waals surface area contributed by atoms with Crippen molar-refractivity contribution in [2.24, 2.45) is 0 Å². The Bertz CT molecular complexity index is 621. The molecule has 1 aliphatic carbocycles. The summed E-state index contributed by atoms with van der Waals surface area (Å²) in [5.41, 5.74) is 0.00701. The summed E-state index contributed by atoms with van der Waals surface area (Å²) in [7, 11) is 0. The zero-order valence-electron chi connectivity index (χ0n) is 10.5. The fourth-order valence-electron chi connectivity index (χ4n) is 2.63. The summed E-state index contributed by atoms with van der Waals surface area (Å²) < 4.78 is 0. The number of aromatic nitrogens is 2. The number of aromatic carboxylic acids is 1. The Kier molecular flexibility index (Phi) is 3.03. The van der Waals surface area contributed by atoms with Gasteiger partial charge in [-0.05, 0) is 12.8 Å². The van der Waals surface area contributed by atoms with Crippen LogP contribution in [-0.4, -0.2) is 27.3 Å². The molecule has 0 amide bonds. The van der Waals surface area contributed by atoms with Crippen LogP contribution in [-0.2, 0) is 0 Å². The fraction of sp³-hybridized carbons (Fsp3) is 0.357. The maximum absolute atomic E-state index is 11.1.